The predicted octanol–water partition coefficient (Wildman–Crippen LogP) is 2.16. The topological polar surface area (TPSA) is 93.8 Å². The van der Waals surface area contributed by atoms with E-state index >= 15 is 0 Å². The van der Waals surface area contributed by atoms with E-state index in [2.05, 4.69) is 10.7 Å². The second kappa shape index (κ2) is 7.45. The van der Waals surface area contributed by atoms with Gasteiger partial charge in [0.15, 0.2) is 5.17 Å². The molecule has 6 nitrogen and oxygen atoms in total. The van der Waals surface area contributed by atoms with E-state index in [9.17, 15) is 9.59 Å². The number of carboxylic acid groups (broad SMARTS) is 1. The number of carbonyl (C=O) groups is 2. The summed E-state index contributed by atoms with van der Waals surface area (Å²) in [7, 11) is 0. The van der Waals surface area contributed by atoms with Gasteiger partial charge in [0.1, 0.15) is 11.4 Å². The molecule has 1 aliphatic heterocycles. The van der Waals surface area contributed by atoms with Crippen molar-refractivity contribution in [1.29, 1.82) is 5.26 Å². The molecule has 0 aromatic heterocycles. The second-order valence-electron chi connectivity index (χ2n) is 4.78. The maximum atomic E-state index is 12.3. The first-order valence-corrected chi connectivity index (χ1v) is 7.51. The van der Waals surface area contributed by atoms with Gasteiger partial charge in [-0.2, -0.15) is 5.26 Å². The number of aliphatic carboxylic acids is 1. The number of carbonyl (C=O) groups excluding carboxylic acids is 1. The second-order valence-corrected chi connectivity index (χ2v) is 5.76. The third kappa shape index (κ3) is 4.33. The quantitative estimate of drug-likeness (QED) is 0.519. The highest BCUT2D eigenvalue weighted by molar-refractivity contribution is 8.18. The van der Waals surface area contributed by atoms with Crippen molar-refractivity contribution in [3.05, 3.63) is 52.1 Å². The molecule has 1 aromatic carbocycles. The number of nitrogens with zero attached hydrogens (tertiary/aromatic N) is 3. The summed E-state index contributed by atoms with van der Waals surface area (Å²) in [5.74, 6) is -1.67. The van der Waals surface area contributed by atoms with Crippen LogP contribution in [0.15, 0.2) is 51.5 Å². The molecule has 0 atom stereocenters. The highest BCUT2D eigenvalue weighted by Crippen LogP contribution is 2.30. The molecule has 1 saturated heterocycles. The molecule has 1 N–H and O–H groups in total. The van der Waals surface area contributed by atoms with Crippen molar-refractivity contribution in [1.82, 2.24) is 4.90 Å². The zero-order valence-electron chi connectivity index (χ0n) is 12.3. The summed E-state index contributed by atoms with van der Waals surface area (Å²) in [6, 6.07) is 9.72. The molecule has 1 heterocycles. The summed E-state index contributed by atoms with van der Waals surface area (Å²) < 4.78 is 0. The Morgan fingerprint density at radius 2 is 2.09 bits per heavy atom. The molecule has 0 saturated carbocycles. The lowest BCUT2D eigenvalue weighted by molar-refractivity contribution is -0.140. The van der Waals surface area contributed by atoms with Crippen molar-refractivity contribution in [3.63, 3.8) is 0 Å². The maximum Gasteiger partial charge on any atom is 0.323 e. The molecule has 1 aliphatic rings. The Bertz CT molecular complexity index is 772. The summed E-state index contributed by atoms with van der Waals surface area (Å²) in [6.07, 6.45) is 2.21. The standard InChI is InChI=1S/C16H13N3O3S/c1-11(7-12-5-3-2-4-6-12)8-13-15(22)19(9-14(20)21)16(23-13)18-10-17/h2-6H,7,9H2,1H3,(H,20,21). The van der Waals surface area contributed by atoms with Gasteiger partial charge < -0.3 is 5.11 Å². The Hall–Kier alpha value is -2.81. The smallest absolute Gasteiger partial charge is 0.323 e. The van der Waals surface area contributed by atoms with Gasteiger partial charge in [-0.3, -0.25) is 14.5 Å². The number of hydrogen-bond acceptors (Lipinski definition) is 5. The Balaban J connectivity index is 2.30. The van der Waals surface area contributed by atoms with Crippen LogP contribution < -0.4 is 0 Å². The summed E-state index contributed by atoms with van der Waals surface area (Å²) >= 11 is 0.958. The predicted molar refractivity (Wildman–Crippen MR) is 86.3 cm³/mol. The third-order valence-corrected chi connectivity index (χ3v) is 3.92. The van der Waals surface area contributed by atoms with E-state index in [1.807, 2.05) is 37.3 Å². The van der Waals surface area contributed by atoms with Crippen molar-refractivity contribution in [2.24, 2.45) is 4.99 Å². The zero-order valence-corrected chi connectivity index (χ0v) is 13.1. The third-order valence-electron chi connectivity index (χ3n) is 2.94. The number of aliphatic imine (C=N–C) groups is 1. The number of amides is 1. The minimum absolute atomic E-state index is 0.0647. The van der Waals surface area contributed by atoms with Crippen LogP contribution in [0.5, 0.6) is 0 Å². The number of thioether (sulfide) groups is 1. The highest BCUT2D eigenvalue weighted by Gasteiger charge is 2.35. The maximum absolute atomic E-state index is 12.3. The van der Waals surface area contributed by atoms with Crippen molar-refractivity contribution < 1.29 is 14.7 Å². The van der Waals surface area contributed by atoms with Crippen LogP contribution in [0, 0.1) is 11.5 Å². The van der Waals surface area contributed by atoms with Crippen molar-refractivity contribution in [2.45, 2.75) is 13.3 Å². The van der Waals surface area contributed by atoms with Gasteiger partial charge in [0.25, 0.3) is 5.91 Å². The van der Waals surface area contributed by atoms with E-state index in [1.165, 1.54) is 0 Å². The Kier molecular flexibility index (Phi) is 5.36. The molecule has 0 aliphatic carbocycles. The average Bonchev–Trinajstić information content (AvgIpc) is 2.77. The average molecular weight is 327 g/mol. The number of carboxylic acids is 1. The molecule has 0 spiro atoms. The molecule has 0 bridgehead atoms. The van der Waals surface area contributed by atoms with Gasteiger partial charge in [0.05, 0.1) is 0 Å². The van der Waals surface area contributed by atoms with Gasteiger partial charge in [-0.25, -0.2) is 0 Å². The van der Waals surface area contributed by atoms with Gasteiger partial charge >= 0.3 is 5.97 Å². The zero-order chi connectivity index (χ0) is 16.8. The van der Waals surface area contributed by atoms with E-state index in [-0.39, 0.29) is 10.1 Å². The summed E-state index contributed by atoms with van der Waals surface area (Å²) in [5.41, 5.74) is 4.91. The van der Waals surface area contributed by atoms with Crippen molar-refractivity contribution >= 4 is 28.8 Å². The normalized spacial score (nSPS) is 15.5. The van der Waals surface area contributed by atoms with Crippen molar-refractivity contribution in [3.8, 4) is 6.19 Å². The number of amidine groups is 1. The van der Waals surface area contributed by atoms with Gasteiger partial charge in [0, 0.05) is 6.42 Å². The lowest BCUT2D eigenvalue weighted by Crippen LogP contribution is -2.34. The van der Waals surface area contributed by atoms with E-state index < -0.39 is 18.4 Å². The lowest BCUT2D eigenvalue weighted by atomic mass is 10.1. The molecular formula is C16H13N3O3S. The first-order chi connectivity index (χ1) is 11.0. The first-order valence-electron chi connectivity index (χ1n) is 6.70. The summed E-state index contributed by atoms with van der Waals surface area (Å²) in [4.78, 5) is 27.8. The van der Waals surface area contributed by atoms with Crippen LogP contribution in [-0.4, -0.2) is 33.6 Å². The molecule has 0 radical (unpaired) electrons. The van der Waals surface area contributed by atoms with Gasteiger partial charge in [-0.15, -0.1) is 10.7 Å². The fourth-order valence-electron chi connectivity index (χ4n) is 2.02. The Labute approximate surface area is 137 Å². The van der Waals surface area contributed by atoms with Crippen LogP contribution in [0.2, 0.25) is 0 Å². The van der Waals surface area contributed by atoms with Gasteiger partial charge in [-0.05, 0) is 29.8 Å². The van der Waals surface area contributed by atoms with Crippen molar-refractivity contribution in [2.75, 3.05) is 6.54 Å². The largest absolute Gasteiger partial charge is 0.480 e. The number of nitriles is 1. The summed E-state index contributed by atoms with van der Waals surface area (Å²) in [5, 5.41) is 17.6. The molecule has 1 fully saturated rings. The fourth-order valence-corrected chi connectivity index (χ4v) is 2.97. The van der Waals surface area contributed by atoms with Crippen LogP contribution in [0.1, 0.15) is 12.5 Å². The minimum atomic E-state index is -1.17. The van der Waals surface area contributed by atoms with E-state index in [4.69, 9.17) is 10.4 Å². The SMILES string of the molecule is CC(=C=C1SC(=NC#N)N(CC(=O)O)C1=O)Cc1ccccc1. The molecule has 116 valence electrons. The highest BCUT2D eigenvalue weighted by atomic mass is 32.2. The Morgan fingerprint density at radius 1 is 1.39 bits per heavy atom. The van der Waals surface area contributed by atoms with Crippen LogP contribution in [0.4, 0.5) is 0 Å². The number of hydrogen-bond donors (Lipinski definition) is 1. The molecule has 23 heavy (non-hydrogen) atoms. The van der Waals surface area contributed by atoms with Crippen LogP contribution >= 0.6 is 11.8 Å². The van der Waals surface area contributed by atoms with Gasteiger partial charge in [0.2, 0.25) is 6.19 Å². The number of rotatable bonds is 4. The van der Waals surface area contributed by atoms with Crippen LogP contribution in [0.3, 0.4) is 0 Å². The fraction of sp³-hybridized carbons (Fsp3) is 0.188. The monoisotopic (exact) mass is 327 g/mol. The van der Waals surface area contributed by atoms with E-state index in [0.29, 0.717) is 6.42 Å². The lowest BCUT2D eigenvalue weighted by Gasteiger charge is -2.10. The van der Waals surface area contributed by atoms with E-state index in [0.717, 1.165) is 27.8 Å². The molecule has 7 heteroatoms. The molecular weight excluding hydrogens is 314 g/mol. The van der Waals surface area contributed by atoms with E-state index in [1.54, 1.807) is 6.19 Å². The summed E-state index contributed by atoms with van der Waals surface area (Å²) in [6.45, 7) is 1.31. The molecule has 0 unspecified atom stereocenters. The van der Waals surface area contributed by atoms with Gasteiger partial charge in [-0.1, -0.05) is 30.3 Å². The Morgan fingerprint density at radius 3 is 2.70 bits per heavy atom. The molecule has 1 amide bonds. The van der Waals surface area contributed by atoms with Crippen LogP contribution in [-0.2, 0) is 16.0 Å². The minimum Gasteiger partial charge on any atom is -0.480 e. The van der Waals surface area contributed by atoms with Crippen LogP contribution in [0.25, 0.3) is 0 Å². The number of benzene rings is 1. The molecule has 1 aromatic rings. The first kappa shape index (κ1) is 16.6. The molecule has 2 rings (SSSR count).